The number of carbonyl (C=O) groups is 2. The van der Waals surface area contributed by atoms with E-state index in [2.05, 4.69) is 16.6 Å². The smallest absolute Gasteiger partial charge is 0.346 e. The Labute approximate surface area is 198 Å². The van der Waals surface area contributed by atoms with Gasteiger partial charge in [-0.3, -0.25) is 4.90 Å². The second-order valence-electron chi connectivity index (χ2n) is 8.16. The third-order valence-corrected chi connectivity index (χ3v) is 5.81. The fraction of sp³-hybridized carbons (Fsp3) is 0.222. The van der Waals surface area contributed by atoms with Crippen LogP contribution >= 0.6 is 0 Å². The number of para-hydroxylation sites is 2. The summed E-state index contributed by atoms with van der Waals surface area (Å²) in [5.74, 6) is 0.0612. The van der Waals surface area contributed by atoms with Crippen LogP contribution in [0.3, 0.4) is 0 Å². The molecule has 3 aromatic rings. The molecule has 1 unspecified atom stereocenters. The molecule has 0 radical (unpaired) electrons. The molecule has 7 heteroatoms. The number of hydrogen-bond acceptors (Lipinski definition) is 4. The monoisotopic (exact) mass is 457 g/mol. The minimum atomic E-state index is -0.984. The number of benzene rings is 3. The molecule has 7 nitrogen and oxygen atoms in total. The van der Waals surface area contributed by atoms with Crippen molar-refractivity contribution in [2.45, 2.75) is 25.7 Å². The van der Waals surface area contributed by atoms with Gasteiger partial charge in [-0.15, -0.1) is 0 Å². The molecule has 0 bridgehead atoms. The largest absolute Gasteiger partial charge is 0.482 e. The number of carbonyl (C=O) groups excluding carboxylic acids is 1. The molecule has 1 atom stereocenters. The van der Waals surface area contributed by atoms with E-state index in [0.29, 0.717) is 11.7 Å². The molecular formula is C27H27N3O4. The first-order chi connectivity index (χ1) is 16.6. The number of fused-ring (bicyclic) bond motifs is 1. The zero-order valence-corrected chi connectivity index (χ0v) is 18.8. The number of carboxylic acids is 1. The Kier molecular flexibility index (Phi) is 7.55. The van der Waals surface area contributed by atoms with Crippen molar-refractivity contribution >= 4 is 29.6 Å². The van der Waals surface area contributed by atoms with Gasteiger partial charge in [-0.25, -0.2) is 15.0 Å². The predicted molar refractivity (Wildman–Crippen MR) is 132 cm³/mol. The highest BCUT2D eigenvalue weighted by Gasteiger charge is 2.21. The van der Waals surface area contributed by atoms with Gasteiger partial charge >= 0.3 is 12.0 Å². The summed E-state index contributed by atoms with van der Waals surface area (Å²) in [5, 5.41) is 13.1. The molecule has 0 fully saturated rings. The highest BCUT2D eigenvalue weighted by molar-refractivity contribution is 5.99. The van der Waals surface area contributed by atoms with Crippen molar-refractivity contribution in [3.8, 4) is 5.75 Å². The van der Waals surface area contributed by atoms with Crippen molar-refractivity contribution in [3.63, 3.8) is 0 Å². The zero-order valence-electron chi connectivity index (χ0n) is 18.8. The molecule has 0 spiro atoms. The van der Waals surface area contributed by atoms with Gasteiger partial charge in [-0.05, 0) is 73.1 Å². The summed E-state index contributed by atoms with van der Waals surface area (Å²) in [6.07, 6.45) is 5.12. The number of anilines is 2. The molecule has 1 aliphatic rings. The zero-order chi connectivity index (χ0) is 23.8. The summed E-state index contributed by atoms with van der Waals surface area (Å²) >= 11 is 0. The molecule has 3 aromatic carbocycles. The third-order valence-electron chi connectivity index (χ3n) is 5.81. The van der Waals surface area contributed by atoms with Crippen LogP contribution in [0.25, 0.3) is 0 Å². The highest BCUT2D eigenvalue weighted by Crippen LogP contribution is 2.33. The van der Waals surface area contributed by atoms with Crippen LogP contribution in [0.4, 0.5) is 16.2 Å². The second kappa shape index (κ2) is 11.1. The average Bonchev–Trinajstić information content (AvgIpc) is 2.86. The fourth-order valence-corrected chi connectivity index (χ4v) is 4.21. The molecule has 0 saturated carbocycles. The Morgan fingerprint density at radius 2 is 1.68 bits per heavy atom. The van der Waals surface area contributed by atoms with Crippen molar-refractivity contribution in [2.75, 3.05) is 11.5 Å². The molecule has 174 valence electrons. The van der Waals surface area contributed by atoms with Crippen LogP contribution in [-0.4, -0.2) is 29.9 Å². The Morgan fingerprint density at radius 1 is 1.00 bits per heavy atom. The Hall–Kier alpha value is -4.13. The van der Waals surface area contributed by atoms with Crippen LogP contribution in [-0.2, 0) is 17.6 Å². The van der Waals surface area contributed by atoms with E-state index in [-0.39, 0.29) is 12.6 Å². The average molecular weight is 458 g/mol. The molecular weight excluding hydrogens is 430 g/mol. The van der Waals surface area contributed by atoms with Crippen molar-refractivity contribution < 1.29 is 19.4 Å². The molecule has 2 amide bonds. The van der Waals surface area contributed by atoms with Gasteiger partial charge in [0.1, 0.15) is 5.75 Å². The van der Waals surface area contributed by atoms with Crippen molar-refractivity contribution in [1.29, 1.82) is 0 Å². The van der Waals surface area contributed by atoms with E-state index in [1.165, 1.54) is 5.56 Å². The maximum atomic E-state index is 13.0. The van der Waals surface area contributed by atoms with E-state index >= 15 is 0 Å². The van der Waals surface area contributed by atoms with Crippen LogP contribution in [0.5, 0.6) is 5.75 Å². The number of nitrogens with zero attached hydrogens (tertiary/aromatic N) is 2. The van der Waals surface area contributed by atoms with Gasteiger partial charge in [0.25, 0.3) is 0 Å². The van der Waals surface area contributed by atoms with E-state index in [9.17, 15) is 9.59 Å². The summed E-state index contributed by atoms with van der Waals surface area (Å²) < 4.78 is 5.44. The van der Waals surface area contributed by atoms with Gasteiger partial charge in [-0.2, -0.15) is 5.10 Å². The van der Waals surface area contributed by atoms with Crippen LogP contribution in [0.15, 0.2) is 84.0 Å². The molecule has 4 rings (SSSR count). The van der Waals surface area contributed by atoms with E-state index < -0.39 is 5.97 Å². The number of rotatable bonds is 8. The lowest BCUT2D eigenvalue weighted by Crippen LogP contribution is -2.34. The molecule has 0 aliphatic heterocycles. The number of ether oxygens (including phenoxy) is 1. The summed E-state index contributed by atoms with van der Waals surface area (Å²) in [5.41, 5.74) is 6.43. The summed E-state index contributed by atoms with van der Waals surface area (Å²) in [4.78, 5) is 25.4. The fourth-order valence-electron chi connectivity index (χ4n) is 4.21. The number of urea groups is 1. The quantitative estimate of drug-likeness (QED) is 0.360. The van der Waals surface area contributed by atoms with Gasteiger partial charge in [0, 0.05) is 6.21 Å². The van der Waals surface area contributed by atoms with Gasteiger partial charge in [0.2, 0.25) is 0 Å². The number of hydrogen-bond donors (Lipinski definition) is 2. The Morgan fingerprint density at radius 3 is 2.32 bits per heavy atom. The minimum Gasteiger partial charge on any atom is -0.482 e. The number of hydrazone groups is 1. The van der Waals surface area contributed by atoms with Gasteiger partial charge in [0.05, 0.1) is 11.4 Å². The van der Waals surface area contributed by atoms with Crippen LogP contribution < -0.4 is 15.1 Å². The first-order valence-corrected chi connectivity index (χ1v) is 11.3. The number of amides is 2. The molecule has 1 aliphatic carbocycles. The molecule has 34 heavy (non-hydrogen) atoms. The lowest BCUT2D eigenvalue weighted by Gasteiger charge is -2.25. The third kappa shape index (κ3) is 5.81. The second-order valence-corrected chi connectivity index (χ2v) is 8.16. The Balaban J connectivity index is 1.36. The van der Waals surface area contributed by atoms with Crippen molar-refractivity contribution in [3.05, 3.63) is 90.0 Å². The Bertz CT molecular complexity index is 1110. The van der Waals surface area contributed by atoms with Crippen molar-refractivity contribution in [1.82, 2.24) is 5.43 Å². The summed E-state index contributed by atoms with van der Waals surface area (Å²) in [6.45, 7) is -0.338. The first-order valence-electron chi connectivity index (χ1n) is 11.3. The molecule has 2 N–H and O–H groups in total. The molecule has 0 heterocycles. The van der Waals surface area contributed by atoms with Crippen LogP contribution in [0.2, 0.25) is 0 Å². The number of nitrogens with one attached hydrogen (secondary N) is 1. The van der Waals surface area contributed by atoms with E-state index in [1.807, 2.05) is 72.8 Å². The van der Waals surface area contributed by atoms with E-state index in [4.69, 9.17) is 9.84 Å². The van der Waals surface area contributed by atoms with Crippen LogP contribution in [0.1, 0.15) is 24.0 Å². The van der Waals surface area contributed by atoms with Gasteiger partial charge < -0.3 is 9.84 Å². The van der Waals surface area contributed by atoms with E-state index in [1.54, 1.807) is 11.1 Å². The lowest BCUT2D eigenvalue weighted by atomic mass is 9.82. The SMILES string of the molecule is O=C(O)COc1cccc2c1CCC(C/C=N/NC(=O)N(c1ccccc1)c1ccccc1)C2. The van der Waals surface area contributed by atoms with Gasteiger partial charge in [-0.1, -0.05) is 48.5 Å². The van der Waals surface area contributed by atoms with Gasteiger partial charge in [0.15, 0.2) is 6.61 Å². The predicted octanol–water partition coefficient (Wildman–Crippen LogP) is 5.18. The van der Waals surface area contributed by atoms with E-state index in [0.717, 1.165) is 42.6 Å². The molecule has 0 aromatic heterocycles. The summed E-state index contributed by atoms with van der Waals surface area (Å²) in [7, 11) is 0. The van der Waals surface area contributed by atoms with Crippen LogP contribution in [0, 0.1) is 5.92 Å². The topological polar surface area (TPSA) is 91.2 Å². The highest BCUT2D eigenvalue weighted by atomic mass is 16.5. The standard InChI is InChI=1S/C27H27N3O4/c31-26(32)19-34-25-13-7-8-21-18-20(14-15-24(21)25)16-17-28-29-27(33)30(22-9-3-1-4-10-22)23-11-5-2-6-12-23/h1-13,17,20H,14-16,18-19H2,(H,29,33)(H,31,32)/b28-17+. The normalized spacial score (nSPS) is 14.9. The maximum absolute atomic E-state index is 13.0. The molecule has 0 saturated heterocycles. The summed E-state index contributed by atoms with van der Waals surface area (Å²) in [6, 6.07) is 24.3. The minimum absolute atomic E-state index is 0.331. The number of aliphatic carboxylic acids is 1. The number of carboxylic acid groups (broad SMARTS) is 1. The maximum Gasteiger partial charge on any atom is 0.346 e. The van der Waals surface area contributed by atoms with Crippen molar-refractivity contribution in [2.24, 2.45) is 11.0 Å². The lowest BCUT2D eigenvalue weighted by molar-refractivity contribution is -0.139. The first kappa shape index (κ1) is 23.0.